The van der Waals surface area contributed by atoms with Gasteiger partial charge < -0.3 is 0 Å². The summed E-state index contributed by atoms with van der Waals surface area (Å²) in [5.74, 6) is 4.81. The first-order valence-corrected chi connectivity index (χ1v) is 5.27. The third-order valence-corrected chi connectivity index (χ3v) is 3.86. The van der Waals surface area contributed by atoms with Crippen molar-refractivity contribution in [2.45, 2.75) is 26.7 Å². The van der Waals surface area contributed by atoms with Crippen LogP contribution in [-0.2, 0) is 0 Å². The average Bonchev–Trinajstić information content (AvgIpc) is 2.05. The van der Waals surface area contributed by atoms with Crippen molar-refractivity contribution < 1.29 is 0 Å². The molecule has 2 bridgehead atoms. The third-order valence-electron chi connectivity index (χ3n) is 3.66. The Balaban J connectivity index is 2.27. The lowest BCUT2D eigenvalue weighted by molar-refractivity contribution is -0.00246. The van der Waals surface area contributed by atoms with Gasteiger partial charge in [0.05, 0.1) is 0 Å². The molecular weight excluding hydrogens is 212 g/mol. The fraction of sp³-hybridized carbons (Fsp3) is 0.636. The molecule has 0 aliphatic heterocycles. The van der Waals surface area contributed by atoms with Crippen molar-refractivity contribution in [3.63, 3.8) is 0 Å². The molecule has 0 aromatic rings. The van der Waals surface area contributed by atoms with E-state index in [4.69, 9.17) is 0 Å². The molecule has 0 heterocycles. The van der Waals surface area contributed by atoms with Crippen LogP contribution in [0, 0.1) is 28.0 Å². The molecule has 64 valence electrons. The van der Waals surface area contributed by atoms with Crippen molar-refractivity contribution in [2.24, 2.45) is 17.3 Å². The van der Waals surface area contributed by atoms with Crippen LogP contribution in [0.4, 0.5) is 0 Å². The van der Waals surface area contributed by atoms with Crippen LogP contribution in [0.15, 0.2) is 11.6 Å². The summed E-state index contributed by atoms with van der Waals surface area (Å²) in [4.78, 5) is 2.82. The number of allylic oxidation sites excluding steroid dienone is 2. The molecular formula is C11H13Br. The van der Waals surface area contributed by atoms with Crippen LogP contribution < -0.4 is 0 Å². The number of hydrogen-bond acceptors (Lipinski definition) is 0. The van der Waals surface area contributed by atoms with Crippen molar-refractivity contribution >= 4 is 15.9 Å². The van der Waals surface area contributed by atoms with Crippen molar-refractivity contribution in [1.29, 1.82) is 0 Å². The van der Waals surface area contributed by atoms with E-state index in [0.29, 0.717) is 5.41 Å². The van der Waals surface area contributed by atoms with Crippen LogP contribution >= 0.6 is 15.9 Å². The Hall–Kier alpha value is -0.220. The molecule has 2 atom stereocenters. The van der Waals surface area contributed by atoms with E-state index in [1.807, 2.05) is 0 Å². The first-order valence-electron chi connectivity index (χ1n) is 4.48. The summed E-state index contributed by atoms with van der Waals surface area (Å²) < 4.78 is 0. The van der Waals surface area contributed by atoms with Crippen LogP contribution in [0.2, 0.25) is 0 Å². The van der Waals surface area contributed by atoms with Crippen molar-refractivity contribution in [2.75, 3.05) is 0 Å². The summed E-state index contributed by atoms with van der Waals surface area (Å²) >= 11 is 3.17. The summed E-state index contributed by atoms with van der Waals surface area (Å²) in [6.45, 7) is 4.74. The second kappa shape index (κ2) is 2.64. The predicted molar refractivity (Wildman–Crippen MR) is 54.8 cm³/mol. The Kier molecular flexibility index (Phi) is 1.84. The van der Waals surface area contributed by atoms with E-state index in [2.05, 4.69) is 46.6 Å². The van der Waals surface area contributed by atoms with Crippen molar-refractivity contribution in [3.05, 3.63) is 11.6 Å². The smallest absolute Gasteiger partial charge is 0.0110 e. The second-order valence-corrected chi connectivity index (χ2v) is 4.82. The van der Waals surface area contributed by atoms with Gasteiger partial charge in [-0.1, -0.05) is 25.8 Å². The maximum atomic E-state index is 3.17. The summed E-state index contributed by atoms with van der Waals surface area (Å²) in [5.41, 5.74) is 1.88. The van der Waals surface area contributed by atoms with Crippen LogP contribution in [0.5, 0.6) is 0 Å². The predicted octanol–water partition coefficient (Wildman–Crippen LogP) is 3.33. The highest BCUT2D eigenvalue weighted by molar-refractivity contribution is 9.12. The van der Waals surface area contributed by atoms with E-state index in [0.717, 1.165) is 11.8 Å². The first kappa shape index (κ1) is 8.38. The molecule has 0 unspecified atom stereocenters. The van der Waals surface area contributed by atoms with Crippen LogP contribution in [0.25, 0.3) is 0 Å². The fourth-order valence-electron chi connectivity index (χ4n) is 2.55. The Morgan fingerprint density at radius 1 is 1.58 bits per heavy atom. The molecule has 0 N–H and O–H groups in total. The number of halogens is 1. The molecule has 3 aliphatic carbocycles. The van der Waals surface area contributed by atoms with Gasteiger partial charge in [0.2, 0.25) is 0 Å². The SMILES string of the molecule is CC1(C)[C@H]2CC=C(C#CBr)[C@@H]1C2. The molecule has 0 nitrogen and oxygen atoms in total. The Labute approximate surface area is 82.6 Å². The molecule has 1 saturated carbocycles. The Bertz CT molecular complexity index is 288. The zero-order chi connectivity index (χ0) is 8.77. The molecule has 3 aliphatic rings. The van der Waals surface area contributed by atoms with Gasteiger partial charge in [-0.15, -0.1) is 0 Å². The monoisotopic (exact) mass is 224 g/mol. The normalized spacial score (nSPS) is 35.8. The third kappa shape index (κ3) is 0.977. The molecule has 3 rings (SSSR count). The molecule has 0 radical (unpaired) electrons. The second-order valence-electron chi connectivity index (χ2n) is 4.42. The van der Waals surface area contributed by atoms with Gasteiger partial charge in [0.15, 0.2) is 0 Å². The van der Waals surface area contributed by atoms with E-state index in [-0.39, 0.29) is 0 Å². The maximum Gasteiger partial charge on any atom is 0.0110 e. The lowest BCUT2D eigenvalue weighted by Gasteiger charge is -2.55. The highest BCUT2D eigenvalue weighted by atomic mass is 79.9. The number of fused-ring (bicyclic) bond motifs is 1. The maximum absolute atomic E-state index is 3.17. The molecule has 1 heteroatoms. The van der Waals surface area contributed by atoms with E-state index < -0.39 is 0 Å². The molecule has 12 heavy (non-hydrogen) atoms. The van der Waals surface area contributed by atoms with Gasteiger partial charge in [-0.3, -0.25) is 0 Å². The Morgan fingerprint density at radius 2 is 2.33 bits per heavy atom. The van der Waals surface area contributed by atoms with Gasteiger partial charge in [-0.05, 0) is 34.9 Å². The lowest BCUT2D eigenvalue weighted by Crippen LogP contribution is -2.47. The van der Waals surface area contributed by atoms with E-state index in [1.54, 1.807) is 0 Å². The standard InChI is InChI=1S/C11H13Br/c1-11(2)9-4-3-8(5-6-12)10(11)7-9/h3,9-10H,4,7H2,1-2H3/t9-,10-/m0/s1. The van der Waals surface area contributed by atoms with E-state index in [1.165, 1.54) is 18.4 Å². The number of hydrogen-bond donors (Lipinski definition) is 0. The minimum absolute atomic E-state index is 0.515. The van der Waals surface area contributed by atoms with Gasteiger partial charge in [0.1, 0.15) is 0 Å². The molecule has 0 aromatic heterocycles. The summed E-state index contributed by atoms with van der Waals surface area (Å²) in [6.07, 6.45) is 4.92. The minimum Gasteiger partial charge on any atom is -0.0723 e. The topological polar surface area (TPSA) is 0 Å². The lowest BCUT2D eigenvalue weighted by atomic mass is 9.49. The van der Waals surface area contributed by atoms with E-state index in [9.17, 15) is 0 Å². The molecule has 1 fully saturated rings. The zero-order valence-corrected chi connectivity index (χ0v) is 9.11. The summed E-state index contributed by atoms with van der Waals surface area (Å²) in [7, 11) is 0. The highest BCUT2D eigenvalue weighted by Gasteiger charge is 2.50. The van der Waals surface area contributed by atoms with Gasteiger partial charge in [-0.25, -0.2) is 0 Å². The van der Waals surface area contributed by atoms with Gasteiger partial charge in [-0.2, -0.15) is 0 Å². The largest absolute Gasteiger partial charge is 0.0723 e. The van der Waals surface area contributed by atoms with Crippen LogP contribution in [-0.4, -0.2) is 0 Å². The highest BCUT2D eigenvalue weighted by Crippen LogP contribution is 2.58. The molecule has 0 saturated heterocycles. The number of rotatable bonds is 0. The Morgan fingerprint density at radius 3 is 2.83 bits per heavy atom. The minimum atomic E-state index is 0.515. The van der Waals surface area contributed by atoms with Crippen LogP contribution in [0.1, 0.15) is 26.7 Å². The average molecular weight is 225 g/mol. The van der Waals surface area contributed by atoms with Crippen molar-refractivity contribution in [1.82, 2.24) is 0 Å². The molecule has 0 spiro atoms. The van der Waals surface area contributed by atoms with Gasteiger partial charge >= 0.3 is 0 Å². The summed E-state index contributed by atoms with van der Waals surface area (Å²) in [6, 6.07) is 0. The van der Waals surface area contributed by atoms with Gasteiger partial charge in [0, 0.05) is 21.5 Å². The molecule has 0 amide bonds. The fourth-order valence-corrected chi connectivity index (χ4v) is 2.78. The molecule has 0 aromatic carbocycles. The van der Waals surface area contributed by atoms with Gasteiger partial charge in [0.25, 0.3) is 0 Å². The van der Waals surface area contributed by atoms with Crippen molar-refractivity contribution in [3.8, 4) is 10.8 Å². The summed E-state index contributed by atoms with van der Waals surface area (Å²) in [5, 5.41) is 0. The first-order chi connectivity index (χ1) is 5.66. The quantitative estimate of drug-likeness (QED) is 0.554. The van der Waals surface area contributed by atoms with Crippen LogP contribution in [0.3, 0.4) is 0 Å². The van der Waals surface area contributed by atoms with E-state index >= 15 is 0 Å². The zero-order valence-electron chi connectivity index (χ0n) is 7.52.